The van der Waals surface area contributed by atoms with Crippen LogP contribution in [0.25, 0.3) is 0 Å². The van der Waals surface area contributed by atoms with Crippen LogP contribution in [0.2, 0.25) is 5.02 Å². The van der Waals surface area contributed by atoms with Crippen molar-refractivity contribution in [3.05, 3.63) is 29.3 Å². The van der Waals surface area contributed by atoms with E-state index in [1.165, 1.54) is 0 Å². The van der Waals surface area contributed by atoms with E-state index in [0.717, 1.165) is 28.5 Å². The SMILES string of the molecule is CCCC(O)CSc1ccccc1Cl. The molecule has 0 amide bonds. The molecule has 0 saturated carbocycles. The van der Waals surface area contributed by atoms with Crippen LogP contribution in [-0.2, 0) is 0 Å². The number of aliphatic hydroxyl groups excluding tert-OH is 1. The highest BCUT2D eigenvalue weighted by Crippen LogP contribution is 2.27. The summed E-state index contributed by atoms with van der Waals surface area (Å²) in [5, 5.41) is 10.3. The Morgan fingerprint density at radius 3 is 2.79 bits per heavy atom. The molecular formula is C11H15ClOS. The normalized spacial score (nSPS) is 12.8. The van der Waals surface area contributed by atoms with Gasteiger partial charge in [-0.3, -0.25) is 0 Å². The maximum atomic E-state index is 9.54. The highest BCUT2D eigenvalue weighted by molar-refractivity contribution is 7.99. The van der Waals surface area contributed by atoms with Crippen LogP contribution in [-0.4, -0.2) is 17.0 Å². The molecule has 3 heteroatoms. The van der Waals surface area contributed by atoms with Gasteiger partial charge in [-0.15, -0.1) is 11.8 Å². The van der Waals surface area contributed by atoms with Crippen molar-refractivity contribution < 1.29 is 5.11 Å². The second kappa shape index (κ2) is 6.33. The zero-order chi connectivity index (χ0) is 10.4. The first kappa shape index (κ1) is 11.9. The Hall–Kier alpha value is -0.180. The van der Waals surface area contributed by atoms with E-state index < -0.39 is 0 Å². The van der Waals surface area contributed by atoms with Gasteiger partial charge in [0, 0.05) is 10.6 Å². The molecule has 0 heterocycles. The van der Waals surface area contributed by atoms with Gasteiger partial charge in [0.2, 0.25) is 0 Å². The topological polar surface area (TPSA) is 20.2 Å². The van der Waals surface area contributed by atoms with Crippen molar-refractivity contribution in [3.8, 4) is 0 Å². The van der Waals surface area contributed by atoms with Crippen LogP contribution in [0.15, 0.2) is 29.2 Å². The molecule has 1 N–H and O–H groups in total. The first-order valence-corrected chi connectivity index (χ1v) is 6.15. The summed E-state index contributed by atoms with van der Waals surface area (Å²) in [6, 6.07) is 7.72. The molecule has 1 atom stereocenters. The lowest BCUT2D eigenvalue weighted by molar-refractivity contribution is 0.188. The molecule has 0 aliphatic heterocycles. The number of hydrogen-bond acceptors (Lipinski definition) is 2. The average Bonchev–Trinajstić information content (AvgIpc) is 2.17. The third kappa shape index (κ3) is 3.91. The maximum Gasteiger partial charge on any atom is 0.0634 e. The van der Waals surface area contributed by atoms with Gasteiger partial charge >= 0.3 is 0 Å². The fraction of sp³-hybridized carbons (Fsp3) is 0.455. The molecule has 0 bridgehead atoms. The van der Waals surface area contributed by atoms with Gasteiger partial charge in [-0.25, -0.2) is 0 Å². The number of rotatable bonds is 5. The average molecular weight is 231 g/mol. The molecule has 0 radical (unpaired) electrons. The van der Waals surface area contributed by atoms with E-state index in [9.17, 15) is 5.11 Å². The fourth-order valence-corrected chi connectivity index (χ4v) is 2.38. The third-order valence-electron chi connectivity index (χ3n) is 1.89. The van der Waals surface area contributed by atoms with Crippen molar-refractivity contribution in [2.75, 3.05) is 5.75 Å². The van der Waals surface area contributed by atoms with Crippen molar-refractivity contribution in [2.45, 2.75) is 30.8 Å². The van der Waals surface area contributed by atoms with Crippen LogP contribution in [0.3, 0.4) is 0 Å². The van der Waals surface area contributed by atoms with Crippen LogP contribution in [0.1, 0.15) is 19.8 Å². The Morgan fingerprint density at radius 1 is 1.43 bits per heavy atom. The molecule has 14 heavy (non-hydrogen) atoms. The largest absolute Gasteiger partial charge is 0.392 e. The van der Waals surface area contributed by atoms with Crippen molar-refractivity contribution in [1.29, 1.82) is 0 Å². The van der Waals surface area contributed by atoms with Crippen molar-refractivity contribution in [3.63, 3.8) is 0 Å². The lowest BCUT2D eigenvalue weighted by atomic mass is 10.2. The minimum absolute atomic E-state index is 0.221. The van der Waals surface area contributed by atoms with Crippen LogP contribution >= 0.6 is 23.4 Å². The van der Waals surface area contributed by atoms with Crippen molar-refractivity contribution >= 4 is 23.4 Å². The second-order valence-corrected chi connectivity index (χ2v) is 4.65. The minimum Gasteiger partial charge on any atom is -0.392 e. The van der Waals surface area contributed by atoms with Gasteiger partial charge in [0.15, 0.2) is 0 Å². The Bertz CT molecular complexity index is 278. The number of aliphatic hydroxyl groups is 1. The Morgan fingerprint density at radius 2 is 2.14 bits per heavy atom. The molecule has 0 aliphatic rings. The standard InChI is InChI=1S/C11H15ClOS/c1-2-5-9(13)8-14-11-7-4-3-6-10(11)12/h3-4,6-7,9,13H,2,5,8H2,1H3. The number of thioether (sulfide) groups is 1. The first-order chi connectivity index (χ1) is 6.74. The molecule has 0 aromatic heterocycles. The van der Waals surface area contributed by atoms with Gasteiger partial charge in [-0.2, -0.15) is 0 Å². The molecule has 1 unspecified atom stereocenters. The third-order valence-corrected chi connectivity index (χ3v) is 3.55. The van der Waals surface area contributed by atoms with Gasteiger partial charge in [0.25, 0.3) is 0 Å². The van der Waals surface area contributed by atoms with Crippen LogP contribution in [0.4, 0.5) is 0 Å². The molecule has 0 aliphatic carbocycles. The van der Waals surface area contributed by atoms with Gasteiger partial charge in [-0.1, -0.05) is 37.1 Å². The summed E-state index contributed by atoms with van der Waals surface area (Å²) in [5.41, 5.74) is 0. The first-order valence-electron chi connectivity index (χ1n) is 4.79. The summed E-state index contributed by atoms with van der Waals surface area (Å²) in [7, 11) is 0. The summed E-state index contributed by atoms with van der Waals surface area (Å²) in [6.45, 7) is 2.07. The molecule has 1 rings (SSSR count). The van der Waals surface area contributed by atoms with E-state index in [-0.39, 0.29) is 6.10 Å². The second-order valence-electron chi connectivity index (χ2n) is 3.18. The highest BCUT2D eigenvalue weighted by atomic mass is 35.5. The molecule has 1 nitrogen and oxygen atoms in total. The van der Waals surface area contributed by atoms with Crippen LogP contribution in [0, 0.1) is 0 Å². The van der Waals surface area contributed by atoms with E-state index in [2.05, 4.69) is 6.92 Å². The van der Waals surface area contributed by atoms with Crippen LogP contribution < -0.4 is 0 Å². The molecule has 0 fully saturated rings. The summed E-state index contributed by atoms with van der Waals surface area (Å²) in [5.74, 6) is 0.720. The summed E-state index contributed by atoms with van der Waals surface area (Å²) in [4.78, 5) is 1.05. The Balaban J connectivity index is 2.41. The highest BCUT2D eigenvalue weighted by Gasteiger charge is 2.05. The van der Waals surface area contributed by atoms with Gasteiger partial charge < -0.3 is 5.11 Å². The van der Waals surface area contributed by atoms with E-state index in [4.69, 9.17) is 11.6 Å². The zero-order valence-electron chi connectivity index (χ0n) is 8.24. The fourth-order valence-electron chi connectivity index (χ4n) is 1.16. The lowest BCUT2D eigenvalue weighted by Crippen LogP contribution is -2.08. The minimum atomic E-state index is -0.221. The number of hydrogen-bond donors (Lipinski definition) is 1. The van der Waals surface area contributed by atoms with Crippen LogP contribution in [0.5, 0.6) is 0 Å². The molecule has 1 aromatic rings. The molecular weight excluding hydrogens is 216 g/mol. The predicted octanol–water partition coefficient (Wildman–Crippen LogP) is 3.59. The molecule has 0 spiro atoms. The Kier molecular flexibility index (Phi) is 5.38. The number of benzene rings is 1. The lowest BCUT2D eigenvalue weighted by Gasteiger charge is -2.09. The maximum absolute atomic E-state index is 9.54. The van der Waals surface area contributed by atoms with E-state index in [0.29, 0.717) is 0 Å². The van der Waals surface area contributed by atoms with Gasteiger partial charge in [0.1, 0.15) is 0 Å². The zero-order valence-corrected chi connectivity index (χ0v) is 9.81. The van der Waals surface area contributed by atoms with Crippen molar-refractivity contribution in [1.82, 2.24) is 0 Å². The Labute approximate surface area is 94.5 Å². The summed E-state index contributed by atoms with van der Waals surface area (Å²) < 4.78 is 0. The smallest absolute Gasteiger partial charge is 0.0634 e. The van der Waals surface area contributed by atoms with E-state index in [1.807, 2.05) is 24.3 Å². The molecule has 1 aromatic carbocycles. The van der Waals surface area contributed by atoms with Gasteiger partial charge in [0.05, 0.1) is 11.1 Å². The summed E-state index contributed by atoms with van der Waals surface area (Å²) in [6.07, 6.45) is 1.66. The van der Waals surface area contributed by atoms with E-state index >= 15 is 0 Å². The summed E-state index contributed by atoms with van der Waals surface area (Å²) >= 11 is 7.60. The quantitative estimate of drug-likeness (QED) is 0.781. The monoisotopic (exact) mass is 230 g/mol. The predicted molar refractivity (Wildman–Crippen MR) is 63.1 cm³/mol. The molecule has 78 valence electrons. The van der Waals surface area contributed by atoms with Gasteiger partial charge in [-0.05, 0) is 18.6 Å². The number of halogens is 1. The van der Waals surface area contributed by atoms with Crippen molar-refractivity contribution in [2.24, 2.45) is 0 Å². The molecule has 0 saturated heterocycles. The van der Waals surface area contributed by atoms with E-state index in [1.54, 1.807) is 11.8 Å².